The molecule has 0 radical (unpaired) electrons. The molecule has 0 saturated carbocycles. The smallest absolute Gasteiger partial charge is 0.301 e. The SMILES string of the molecule is CCCCc1ccc(C2CC(=O)Nc3cc(NS(=O)(=O)N(C)C)ccc32)cc1. The molecule has 1 aliphatic rings. The van der Waals surface area contributed by atoms with Gasteiger partial charge in [0.1, 0.15) is 0 Å². The van der Waals surface area contributed by atoms with Crippen molar-refractivity contribution in [2.75, 3.05) is 24.1 Å². The summed E-state index contributed by atoms with van der Waals surface area (Å²) in [5.74, 6) is -0.108. The van der Waals surface area contributed by atoms with Crippen molar-refractivity contribution in [2.45, 2.75) is 38.5 Å². The van der Waals surface area contributed by atoms with Gasteiger partial charge in [0.25, 0.3) is 0 Å². The molecule has 1 atom stereocenters. The van der Waals surface area contributed by atoms with Crippen molar-refractivity contribution in [3.05, 3.63) is 59.2 Å². The fraction of sp³-hybridized carbons (Fsp3) is 0.381. The maximum Gasteiger partial charge on any atom is 0.301 e. The lowest BCUT2D eigenvalue weighted by molar-refractivity contribution is -0.116. The van der Waals surface area contributed by atoms with Crippen molar-refractivity contribution in [2.24, 2.45) is 0 Å². The molecule has 0 saturated heterocycles. The molecular formula is C21H27N3O3S. The number of amides is 1. The second-order valence-corrected chi connectivity index (χ2v) is 9.23. The van der Waals surface area contributed by atoms with Crippen LogP contribution in [0.25, 0.3) is 0 Å². The van der Waals surface area contributed by atoms with E-state index in [-0.39, 0.29) is 11.8 Å². The molecule has 6 nitrogen and oxygen atoms in total. The molecular weight excluding hydrogens is 374 g/mol. The van der Waals surface area contributed by atoms with E-state index in [1.54, 1.807) is 12.1 Å². The van der Waals surface area contributed by atoms with Crippen LogP contribution in [-0.2, 0) is 21.4 Å². The van der Waals surface area contributed by atoms with E-state index < -0.39 is 10.2 Å². The summed E-state index contributed by atoms with van der Waals surface area (Å²) < 4.78 is 27.7. The van der Waals surface area contributed by atoms with Gasteiger partial charge >= 0.3 is 10.2 Å². The van der Waals surface area contributed by atoms with E-state index >= 15 is 0 Å². The monoisotopic (exact) mass is 401 g/mol. The first-order valence-electron chi connectivity index (χ1n) is 9.53. The Morgan fingerprint density at radius 1 is 1.14 bits per heavy atom. The molecule has 0 aliphatic carbocycles. The van der Waals surface area contributed by atoms with Crippen LogP contribution in [0.4, 0.5) is 11.4 Å². The van der Waals surface area contributed by atoms with Gasteiger partial charge in [0.05, 0.1) is 5.69 Å². The maximum absolute atomic E-state index is 12.3. The van der Waals surface area contributed by atoms with Crippen molar-refractivity contribution in [3.8, 4) is 0 Å². The molecule has 28 heavy (non-hydrogen) atoms. The number of rotatable bonds is 7. The number of benzene rings is 2. The van der Waals surface area contributed by atoms with E-state index in [2.05, 4.69) is 41.2 Å². The summed E-state index contributed by atoms with van der Waals surface area (Å²) in [6.07, 6.45) is 3.77. The first-order valence-corrected chi connectivity index (χ1v) is 11.0. The van der Waals surface area contributed by atoms with Crippen LogP contribution in [-0.4, -0.2) is 32.7 Å². The van der Waals surface area contributed by atoms with E-state index in [4.69, 9.17) is 0 Å². The van der Waals surface area contributed by atoms with Crippen molar-refractivity contribution < 1.29 is 13.2 Å². The Balaban J connectivity index is 1.88. The van der Waals surface area contributed by atoms with Crippen LogP contribution in [0.1, 0.15) is 48.8 Å². The fourth-order valence-corrected chi connectivity index (χ4v) is 3.97. The van der Waals surface area contributed by atoms with Gasteiger partial charge in [-0.25, -0.2) is 0 Å². The highest BCUT2D eigenvalue weighted by Crippen LogP contribution is 2.38. The lowest BCUT2D eigenvalue weighted by atomic mass is 9.84. The molecule has 2 aromatic rings. The predicted molar refractivity (Wildman–Crippen MR) is 113 cm³/mol. The van der Waals surface area contributed by atoms with E-state index in [1.165, 1.54) is 26.1 Å². The molecule has 7 heteroatoms. The van der Waals surface area contributed by atoms with Gasteiger partial charge in [-0.15, -0.1) is 0 Å². The zero-order valence-corrected chi connectivity index (χ0v) is 17.3. The van der Waals surface area contributed by atoms with E-state index in [1.807, 2.05) is 6.07 Å². The van der Waals surface area contributed by atoms with Crippen LogP contribution in [0.2, 0.25) is 0 Å². The summed E-state index contributed by atoms with van der Waals surface area (Å²) in [6.45, 7) is 2.18. The molecule has 0 bridgehead atoms. The van der Waals surface area contributed by atoms with Crippen molar-refractivity contribution in [1.29, 1.82) is 0 Å². The Kier molecular flexibility index (Phi) is 6.05. The van der Waals surface area contributed by atoms with E-state index in [0.717, 1.165) is 28.3 Å². The van der Waals surface area contributed by atoms with Gasteiger partial charge < -0.3 is 5.32 Å². The average Bonchev–Trinajstić information content (AvgIpc) is 2.65. The number of anilines is 2. The van der Waals surface area contributed by atoms with Crippen LogP contribution < -0.4 is 10.0 Å². The third kappa shape index (κ3) is 4.54. The molecule has 0 spiro atoms. The number of carbonyl (C=O) groups is 1. The van der Waals surface area contributed by atoms with Crippen LogP contribution >= 0.6 is 0 Å². The fourth-order valence-electron chi connectivity index (χ4n) is 3.36. The Hall–Kier alpha value is -2.38. The molecule has 1 aliphatic heterocycles. The molecule has 0 aromatic heterocycles. The summed E-state index contributed by atoms with van der Waals surface area (Å²) in [7, 11) is -0.677. The summed E-state index contributed by atoms with van der Waals surface area (Å²) in [6, 6.07) is 13.8. The van der Waals surface area contributed by atoms with E-state index in [0.29, 0.717) is 17.8 Å². The number of hydrogen-bond acceptors (Lipinski definition) is 3. The zero-order valence-electron chi connectivity index (χ0n) is 16.5. The first kappa shape index (κ1) is 20.4. The highest BCUT2D eigenvalue weighted by atomic mass is 32.2. The van der Waals surface area contributed by atoms with Gasteiger partial charge in [-0.05, 0) is 41.7 Å². The van der Waals surface area contributed by atoms with Crippen LogP contribution in [0, 0.1) is 0 Å². The van der Waals surface area contributed by atoms with Crippen LogP contribution in [0.15, 0.2) is 42.5 Å². The third-order valence-corrected chi connectivity index (χ3v) is 6.48. The molecule has 3 rings (SSSR count). The average molecular weight is 402 g/mol. The standard InChI is InChI=1S/C21H27N3O3S/c1-4-5-6-15-7-9-16(10-8-15)19-14-21(25)22-20-13-17(11-12-18(19)20)23-28(26,27)24(2)3/h7-13,19,23H,4-6,14H2,1-3H3,(H,22,25). The van der Waals surface area contributed by atoms with E-state index in [9.17, 15) is 13.2 Å². The van der Waals surface area contributed by atoms with Crippen molar-refractivity contribution in [3.63, 3.8) is 0 Å². The molecule has 1 heterocycles. The summed E-state index contributed by atoms with van der Waals surface area (Å²) in [4.78, 5) is 12.3. The number of unbranched alkanes of at least 4 members (excludes halogenated alkanes) is 1. The van der Waals surface area contributed by atoms with Gasteiger partial charge in [-0.2, -0.15) is 12.7 Å². The minimum absolute atomic E-state index is 0.0384. The Morgan fingerprint density at radius 3 is 2.50 bits per heavy atom. The zero-order chi connectivity index (χ0) is 20.3. The number of aryl methyl sites for hydroxylation is 1. The Bertz CT molecular complexity index is 953. The normalized spacial score (nSPS) is 16.6. The number of nitrogens with zero attached hydrogens (tertiary/aromatic N) is 1. The molecule has 2 aromatic carbocycles. The molecule has 1 amide bonds. The van der Waals surface area contributed by atoms with Crippen LogP contribution in [0.3, 0.4) is 0 Å². The Labute approximate surface area is 167 Å². The molecule has 0 fully saturated rings. The summed E-state index contributed by atoms with van der Waals surface area (Å²) in [5, 5.41) is 2.87. The highest BCUT2D eigenvalue weighted by Gasteiger charge is 2.27. The highest BCUT2D eigenvalue weighted by molar-refractivity contribution is 7.90. The molecule has 1 unspecified atom stereocenters. The molecule has 2 N–H and O–H groups in total. The van der Waals surface area contributed by atoms with Gasteiger partial charge in [0, 0.05) is 32.1 Å². The van der Waals surface area contributed by atoms with Crippen LogP contribution in [0.5, 0.6) is 0 Å². The first-order chi connectivity index (χ1) is 13.3. The van der Waals surface area contributed by atoms with Gasteiger partial charge in [-0.3, -0.25) is 9.52 Å². The second-order valence-electron chi connectivity index (χ2n) is 7.34. The largest absolute Gasteiger partial charge is 0.326 e. The van der Waals surface area contributed by atoms with Gasteiger partial charge in [-0.1, -0.05) is 43.7 Å². The third-order valence-electron chi connectivity index (χ3n) is 5.02. The number of carbonyl (C=O) groups excluding carboxylic acids is 1. The number of fused-ring (bicyclic) bond motifs is 1. The predicted octanol–water partition coefficient (Wildman–Crippen LogP) is 3.72. The Morgan fingerprint density at radius 2 is 1.86 bits per heavy atom. The minimum atomic E-state index is -3.60. The van der Waals surface area contributed by atoms with Gasteiger partial charge in [0.2, 0.25) is 5.91 Å². The lowest BCUT2D eigenvalue weighted by Gasteiger charge is -2.27. The summed E-state index contributed by atoms with van der Waals surface area (Å²) in [5.41, 5.74) is 4.46. The molecule has 150 valence electrons. The summed E-state index contributed by atoms with van der Waals surface area (Å²) >= 11 is 0. The number of hydrogen-bond donors (Lipinski definition) is 2. The second kappa shape index (κ2) is 8.32. The van der Waals surface area contributed by atoms with Gasteiger partial charge in [0.15, 0.2) is 0 Å². The quantitative estimate of drug-likeness (QED) is 0.742. The maximum atomic E-state index is 12.3. The minimum Gasteiger partial charge on any atom is -0.326 e. The topological polar surface area (TPSA) is 78.5 Å². The van der Waals surface area contributed by atoms with Crippen molar-refractivity contribution in [1.82, 2.24) is 4.31 Å². The van der Waals surface area contributed by atoms with Crippen molar-refractivity contribution >= 4 is 27.5 Å². The lowest BCUT2D eigenvalue weighted by Crippen LogP contribution is -2.29. The number of nitrogens with one attached hydrogen (secondary N) is 2.